The van der Waals surface area contributed by atoms with Crippen LogP contribution in [-0.4, -0.2) is 36.5 Å². The number of benzene rings is 2. The van der Waals surface area contributed by atoms with Crippen molar-refractivity contribution in [2.75, 3.05) is 20.8 Å². The molecule has 0 radical (unpaired) electrons. The number of carbonyl (C=O) groups is 1. The van der Waals surface area contributed by atoms with E-state index in [0.717, 1.165) is 17.7 Å². The van der Waals surface area contributed by atoms with Gasteiger partial charge in [-0.05, 0) is 49.2 Å². The Kier molecular flexibility index (Phi) is 6.53. The van der Waals surface area contributed by atoms with E-state index in [-0.39, 0.29) is 11.6 Å². The summed E-state index contributed by atoms with van der Waals surface area (Å²) < 4.78 is 50.7. The van der Waals surface area contributed by atoms with Crippen molar-refractivity contribution in [2.24, 2.45) is 0 Å². The lowest BCUT2D eigenvalue weighted by Gasteiger charge is -2.11. The molecule has 0 aliphatic heterocycles. The Hall–Kier alpha value is -3.49. The molecule has 1 N–H and O–H groups in total. The highest BCUT2D eigenvalue weighted by Crippen LogP contribution is 2.30. The van der Waals surface area contributed by atoms with Crippen molar-refractivity contribution in [3.05, 3.63) is 71.0 Å². The smallest absolute Gasteiger partial charge is 0.416 e. The maximum Gasteiger partial charge on any atom is 0.416 e. The number of ether oxygens (including phenoxy) is 2. The fourth-order valence-corrected chi connectivity index (χ4v) is 3.16. The Bertz CT molecular complexity index is 1080. The predicted octanol–water partition coefficient (Wildman–Crippen LogP) is 4.19. The molecule has 6 nitrogen and oxygen atoms in total. The third kappa shape index (κ3) is 4.99. The summed E-state index contributed by atoms with van der Waals surface area (Å²) in [6.45, 7) is 2.00. The predicted molar refractivity (Wildman–Crippen MR) is 109 cm³/mol. The van der Waals surface area contributed by atoms with Crippen LogP contribution in [0.1, 0.15) is 27.2 Å². The highest BCUT2D eigenvalue weighted by Gasteiger charge is 2.30. The number of hydrogen-bond acceptors (Lipinski definition) is 4. The molecule has 31 heavy (non-hydrogen) atoms. The monoisotopic (exact) mass is 433 g/mol. The number of halogens is 3. The molecule has 0 bridgehead atoms. The molecule has 9 heteroatoms. The Balaban J connectivity index is 1.68. The van der Waals surface area contributed by atoms with Gasteiger partial charge in [0, 0.05) is 6.54 Å². The van der Waals surface area contributed by atoms with Crippen molar-refractivity contribution in [1.29, 1.82) is 0 Å². The summed E-state index contributed by atoms with van der Waals surface area (Å²) >= 11 is 0. The first-order chi connectivity index (χ1) is 14.7. The molecule has 0 aliphatic rings. The molecular weight excluding hydrogens is 411 g/mol. The van der Waals surface area contributed by atoms with Gasteiger partial charge in [0.15, 0.2) is 11.5 Å². The second-order valence-corrected chi connectivity index (χ2v) is 6.80. The average molecular weight is 433 g/mol. The van der Waals surface area contributed by atoms with Crippen molar-refractivity contribution in [3.63, 3.8) is 0 Å². The summed E-state index contributed by atoms with van der Waals surface area (Å²) in [5.41, 5.74) is 1.15. The summed E-state index contributed by atoms with van der Waals surface area (Å²) in [4.78, 5) is 12.6. The molecule has 0 saturated heterocycles. The van der Waals surface area contributed by atoms with Crippen LogP contribution in [0.2, 0.25) is 0 Å². The summed E-state index contributed by atoms with van der Waals surface area (Å²) in [6.07, 6.45) is -2.55. The molecule has 3 rings (SSSR count). The van der Waals surface area contributed by atoms with Crippen LogP contribution < -0.4 is 14.8 Å². The maximum atomic E-state index is 13.0. The molecule has 0 unspecified atom stereocenters. The van der Waals surface area contributed by atoms with Crippen LogP contribution in [0.3, 0.4) is 0 Å². The van der Waals surface area contributed by atoms with Crippen LogP contribution in [0.4, 0.5) is 13.2 Å². The maximum absolute atomic E-state index is 13.0. The Morgan fingerprint density at radius 3 is 2.52 bits per heavy atom. The minimum Gasteiger partial charge on any atom is -0.493 e. The lowest BCUT2D eigenvalue weighted by atomic mass is 10.1. The topological polar surface area (TPSA) is 65.4 Å². The Morgan fingerprint density at radius 1 is 1.10 bits per heavy atom. The largest absolute Gasteiger partial charge is 0.493 e. The Morgan fingerprint density at radius 2 is 1.84 bits per heavy atom. The van der Waals surface area contributed by atoms with Gasteiger partial charge in [-0.1, -0.05) is 12.1 Å². The third-order valence-electron chi connectivity index (χ3n) is 4.82. The number of nitrogens with zero attached hydrogens (tertiary/aromatic N) is 2. The lowest BCUT2D eigenvalue weighted by Crippen LogP contribution is -2.26. The SMILES string of the molecule is COc1ccc(CCNC(=O)c2cnn(-c3cccc(C(F)(F)F)c3)c2C)cc1OC. The van der Waals surface area contributed by atoms with Gasteiger partial charge in [0.2, 0.25) is 0 Å². The molecule has 0 saturated carbocycles. The number of amides is 1. The molecule has 1 aromatic heterocycles. The van der Waals surface area contributed by atoms with Crippen molar-refractivity contribution < 1.29 is 27.4 Å². The van der Waals surface area contributed by atoms with E-state index >= 15 is 0 Å². The van der Waals surface area contributed by atoms with E-state index in [1.54, 1.807) is 27.2 Å². The number of nitrogens with one attached hydrogen (secondary N) is 1. The van der Waals surface area contributed by atoms with Gasteiger partial charge in [0.25, 0.3) is 5.91 Å². The van der Waals surface area contributed by atoms with Crippen LogP contribution in [0.5, 0.6) is 11.5 Å². The molecule has 164 valence electrons. The fraction of sp³-hybridized carbons (Fsp3) is 0.273. The van der Waals surface area contributed by atoms with Crippen LogP contribution in [0, 0.1) is 6.92 Å². The second-order valence-electron chi connectivity index (χ2n) is 6.80. The number of methoxy groups -OCH3 is 2. The molecule has 1 heterocycles. The van der Waals surface area contributed by atoms with Gasteiger partial charge in [-0.3, -0.25) is 4.79 Å². The third-order valence-corrected chi connectivity index (χ3v) is 4.82. The van der Waals surface area contributed by atoms with Crippen LogP contribution in [0.25, 0.3) is 5.69 Å². The molecule has 2 aromatic carbocycles. The quantitative estimate of drug-likeness (QED) is 0.607. The highest BCUT2D eigenvalue weighted by molar-refractivity contribution is 5.95. The summed E-state index contributed by atoms with van der Waals surface area (Å²) in [7, 11) is 3.11. The van der Waals surface area contributed by atoms with Crippen molar-refractivity contribution in [1.82, 2.24) is 15.1 Å². The van der Waals surface area contributed by atoms with E-state index in [1.807, 2.05) is 12.1 Å². The first-order valence-corrected chi connectivity index (χ1v) is 9.46. The lowest BCUT2D eigenvalue weighted by molar-refractivity contribution is -0.137. The van der Waals surface area contributed by atoms with Gasteiger partial charge >= 0.3 is 6.18 Å². The molecular formula is C22H22F3N3O3. The van der Waals surface area contributed by atoms with E-state index in [9.17, 15) is 18.0 Å². The van der Waals surface area contributed by atoms with Gasteiger partial charge in [-0.15, -0.1) is 0 Å². The van der Waals surface area contributed by atoms with Crippen molar-refractivity contribution in [2.45, 2.75) is 19.5 Å². The second kappa shape index (κ2) is 9.11. The highest BCUT2D eigenvalue weighted by atomic mass is 19.4. The van der Waals surface area contributed by atoms with Gasteiger partial charge in [0.1, 0.15) is 0 Å². The average Bonchev–Trinajstić information content (AvgIpc) is 3.14. The number of carbonyl (C=O) groups excluding carboxylic acids is 1. The molecule has 0 aliphatic carbocycles. The molecule has 3 aromatic rings. The minimum atomic E-state index is -4.46. The minimum absolute atomic E-state index is 0.233. The van der Waals surface area contributed by atoms with Crippen LogP contribution in [-0.2, 0) is 12.6 Å². The Labute approximate surface area is 177 Å². The summed E-state index contributed by atoms with van der Waals surface area (Å²) in [6, 6.07) is 10.3. The van der Waals surface area contributed by atoms with Gasteiger partial charge in [-0.2, -0.15) is 18.3 Å². The van der Waals surface area contributed by atoms with Crippen LogP contribution in [0.15, 0.2) is 48.7 Å². The zero-order valence-corrected chi connectivity index (χ0v) is 17.3. The number of aromatic nitrogens is 2. The molecule has 0 spiro atoms. The normalized spacial score (nSPS) is 11.3. The number of rotatable bonds is 7. The molecule has 1 amide bonds. The van der Waals surface area contributed by atoms with E-state index in [2.05, 4.69) is 10.4 Å². The standard InChI is InChI=1S/C22H22F3N3O3/c1-14-18(13-27-28(14)17-6-4-5-16(12-17)22(23,24)25)21(29)26-10-9-15-7-8-19(30-2)20(11-15)31-3/h4-8,11-13H,9-10H2,1-3H3,(H,26,29). The fourth-order valence-electron chi connectivity index (χ4n) is 3.16. The van der Waals surface area contributed by atoms with Gasteiger partial charge in [-0.25, -0.2) is 4.68 Å². The summed E-state index contributed by atoms with van der Waals surface area (Å²) in [5, 5.41) is 6.91. The van der Waals surface area contributed by atoms with Crippen LogP contribution >= 0.6 is 0 Å². The zero-order valence-electron chi connectivity index (χ0n) is 17.3. The first kappa shape index (κ1) is 22.2. The molecule has 0 atom stereocenters. The van der Waals surface area contributed by atoms with Crippen molar-refractivity contribution in [3.8, 4) is 17.2 Å². The number of alkyl halides is 3. The zero-order chi connectivity index (χ0) is 22.6. The van der Waals surface area contributed by atoms with E-state index < -0.39 is 11.7 Å². The van der Waals surface area contributed by atoms with Gasteiger partial charge in [0.05, 0.1) is 42.9 Å². The molecule has 0 fully saturated rings. The number of hydrogen-bond donors (Lipinski definition) is 1. The van der Waals surface area contributed by atoms with E-state index in [1.165, 1.54) is 23.0 Å². The van der Waals surface area contributed by atoms with Crippen molar-refractivity contribution >= 4 is 5.91 Å². The van der Waals surface area contributed by atoms with E-state index in [4.69, 9.17) is 9.47 Å². The van der Waals surface area contributed by atoms with E-state index in [0.29, 0.717) is 35.7 Å². The van der Waals surface area contributed by atoms with Gasteiger partial charge < -0.3 is 14.8 Å². The summed E-state index contributed by atoms with van der Waals surface area (Å²) in [5.74, 6) is 0.869. The first-order valence-electron chi connectivity index (χ1n) is 9.46.